The Labute approximate surface area is 157 Å². The van der Waals surface area contributed by atoms with Crippen LogP contribution in [0.1, 0.15) is 37.1 Å². The Morgan fingerprint density at radius 2 is 1.85 bits per heavy atom. The van der Waals surface area contributed by atoms with Crippen LogP contribution in [0.3, 0.4) is 0 Å². The van der Waals surface area contributed by atoms with E-state index < -0.39 is 10.0 Å². The molecular weight excluding hydrogens is 372 g/mol. The number of aromatic nitrogens is 1. The summed E-state index contributed by atoms with van der Waals surface area (Å²) >= 11 is 0. The lowest BCUT2D eigenvalue weighted by molar-refractivity contribution is 0.143. The van der Waals surface area contributed by atoms with E-state index in [1.807, 2.05) is 18.2 Å². The van der Waals surface area contributed by atoms with Crippen LogP contribution in [0.5, 0.6) is 17.2 Å². The fourth-order valence-corrected chi connectivity index (χ4v) is 5.21. The molecule has 8 nitrogen and oxygen atoms in total. The lowest BCUT2D eigenvalue weighted by Crippen LogP contribution is -2.39. The van der Waals surface area contributed by atoms with Crippen LogP contribution in [0.4, 0.5) is 0 Å². The summed E-state index contributed by atoms with van der Waals surface area (Å²) in [6.07, 6.45) is 2.99. The third kappa shape index (κ3) is 3.74. The van der Waals surface area contributed by atoms with Gasteiger partial charge in [0.05, 0.1) is 6.10 Å². The van der Waals surface area contributed by atoms with Gasteiger partial charge in [0.15, 0.2) is 17.3 Å². The molecule has 146 valence electrons. The van der Waals surface area contributed by atoms with Gasteiger partial charge in [-0.25, -0.2) is 13.1 Å². The minimum Gasteiger partial charge on any atom is -0.490 e. The van der Waals surface area contributed by atoms with Gasteiger partial charge in [-0.2, -0.15) is 0 Å². The molecule has 0 bridgehead atoms. The van der Waals surface area contributed by atoms with Crippen LogP contribution < -0.4 is 18.9 Å². The maximum absolute atomic E-state index is 12.6. The molecule has 0 radical (unpaired) electrons. The van der Waals surface area contributed by atoms with E-state index in [0.717, 1.165) is 24.3 Å². The summed E-state index contributed by atoms with van der Waals surface area (Å²) in [6, 6.07) is 5.40. The number of sulfonamides is 1. The number of fused-ring (bicyclic) bond motifs is 1. The van der Waals surface area contributed by atoms with Crippen LogP contribution in [0.25, 0.3) is 0 Å². The molecule has 1 N–H and O–H groups in total. The van der Waals surface area contributed by atoms with E-state index in [4.69, 9.17) is 18.7 Å². The highest BCUT2D eigenvalue weighted by Gasteiger charge is 2.30. The van der Waals surface area contributed by atoms with Crippen LogP contribution in [0, 0.1) is 13.8 Å². The van der Waals surface area contributed by atoms with Crippen molar-refractivity contribution in [1.82, 2.24) is 9.88 Å². The quantitative estimate of drug-likeness (QED) is 0.832. The normalized spacial score (nSPS) is 22.0. The number of benzene rings is 1. The Kier molecular flexibility index (Phi) is 4.73. The van der Waals surface area contributed by atoms with E-state index in [-0.39, 0.29) is 23.8 Å². The number of hydrogen-bond donors (Lipinski definition) is 1. The van der Waals surface area contributed by atoms with E-state index in [2.05, 4.69) is 9.88 Å². The summed E-state index contributed by atoms with van der Waals surface area (Å²) < 4.78 is 49.7. The number of aryl methyl sites for hydroxylation is 2. The smallest absolute Gasteiger partial charge is 0.246 e. The number of ether oxygens (including phenoxy) is 3. The lowest BCUT2D eigenvalue weighted by Gasteiger charge is -2.29. The molecule has 9 heteroatoms. The first kappa shape index (κ1) is 18.1. The minimum absolute atomic E-state index is 0.0465. The first-order valence-corrected chi connectivity index (χ1v) is 10.4. The lowest BCUT2D eigenvalue weighted by atomic mass is 9.94. The van der Waals surface area contributed by atoms with Crippen LogP contribution in [0.15, 0.2) is 27.6 Å². The second kappa shape index (κ2) is 7.05. The molecule has 0 amide bonds. The molecule has 1 saturated carbocycles. The van der Waals surface area contributed by atoms with Gasteiger partial charge in [-0.3, -0.25) is 0 Å². The highest BCUT2D eigenvalue weighted by atomic mass is 32.2. The Morgan fingerprint density at radius 3 is 2.56 bits per heavy atom. The molecule has 2 aliphatic rings. The van der Waals surface area contributed by atoms with Crippen molar-refractivity contribution in [3.63, 3.8) is 0 Å². The second-order valence-corrected chi connectivity index (χ2v) is 8.53. The molecule has 2 heterocycles. The standard InChI is InChI=1S/C18H22N2O6S/c1-11-18(12(2)26-19-11)27(21,22)20-13-3-5-14(6-4-13)25-15-7-8-16-17(9-15)24-10-23-16/h7-9,13-14,20H,3-6,10H2,1-2H3. The van der Waals surface area contributed by atoms with Gasteiger partial charge >= 0.3 is 0 Å². The van der Waals surface area contributed by atoms with Crippen molar-refractivity contribution >= 4 is 10.0 Å². The molecular formula is C18H22N2O6S. The van der Waals surface area contributed by atoms with Gasteiger partial charge in [0.25, 0.3) is 0 Å². The Bertz CT molecular complexity index is 912. The van der Waals surface area contributed by atoms with Gasteiger partial charge < -0.3 is 18.7 Å². The molecule has 1 aliphatic carbocycles. The first-order chi connectivity index (χ1) is 12.9. The average Bonchev–Trinajstić information content (AvgIpc) is 3.22. The summed E-state index contributed by atoms with van der Waals surface area (Å²) in [7, 11) is -3.64. The SMILES string of the molecule is Cc1noc(C)c1S(=O)(=O)NC1CCC(Oc2ccc3c(c2)OCO3)CC1. The highest BCUT2D eigenvalue weighted by Crippen LogP contribution is 2.36. The van der Waals surface area contributed by atoms with Crippen molar-refractivity contribution in [3.8, 4) is 17.2 Å². The molecule has 4 rings (SSSR count). The molecule has 27 heavy (non-hydrogen) atoms. The summed E-state index contributed by atoms with van der Waals surface area (Å²) in [6.45, 7) is 3.46. The molecule has 0 spiro atoms. The van der Waals surface area contributed by atoms with E-state index in [1.54, 1.807) is 13.8 Å². The summed E-state index contributed by atoms with van der Waals surface area (Å²) in [5.74, 6) is 2.45. The Hall–Kier alpha value is -2.26. The summed E-state index contributed by atoms with van der Waals surface area (Å²) in [5.41, 5.74) is 0.375. The zero-order valence-corrected chi connectivity index (χ0v) is 16.0. The third-order valence-corrected chi connectivity index (χ3v) is 6.64. The van der Waals surface area contributed by atoms with Gasteiger partial charge in [-0.1, -0.05) is 5.16 Å². The largest absolute Gasteiger partial charge is 0.490 e. The molecule has 0 unspecified atom stereocenters. The van der Waals surface area contributed by atoms with E-state index >= 15 is 0 Å². The summed E-state index contributed by atoms with van der Waals surface area (Å²) in [5, 5.41) is 3.73. The van der Waals surface area contributed by atoms with Crippen LogP contribution in [-0.4, -0.2) is 32.5 Å². The average molecular weight is 394 g/mol. The zero-order chi connectivity index (χ0) is 19.0. The number of nitrogens with one attached hydrogen (secondary N) is 1. The molecule has 1 aliphatic heterocycles. The monoisotopic (exact) mass is 394 g/mol. The van der Waals surface area contributed by atoms with Gasteiger partial charge in [0, 0.05) is 12.1 Å². The third-order valence-electron chi connectivity index (χ3n) is 4.88. The number of rotatable bonds is 5. The molecule has 1 aromatic heterocycles. The van der Waals surface area contributed by atoms with Gasteiger partial charge in [0.1, 0.15) is 16.3 Å². The van der Waals surface area contributed by atoms with Crippen molar-refractivity contribution in [1.29, 1.82) is 0 Å². The van der Waals surface area contributed by atoms with Crippen LogP contribution >= 0.6 is 0 Å². The molecule has 2 aromatic rings. The Balaban J connectivity index is 1.34. The van der Waals surface area contributed by atoms with Crippen molar-refractivity contribution in [2.24, 2.45) is 0 Å². The maximum atomic E-state index is 12.6. The molecule has 0 atom stereocenters. The van der Waals surface area contributed by atoms with Crippen molar-refractivity contribution in [2.75, 3.05) is 6.79 Å². The maximum Gasteiger partial charge on any atom is 0.246 e. The molecule has 1 aromatic carbocycles. The van der Waals surface area contributed by atoms with E-state index in [9.17, 15) is 8.42 Å². The fraction of sp³-hybridized carbons (Fsp3) is 0.500. The minimum atomic E-state index is -3.64. The van der Waals surface area contributed by atoms with Gasteiger partial charge in [-0.15, -0.1) is 0 Å². The Morgan fingerprint density at radius 1 is 1.11 bits per heavy atom. The zero-order valence-electron chi connectivity index (χ0n) is 15.2. The van der Waals surface area contributed by atoms with Gasteiger partial charge in [-0.05, 0) is 51.7 Å². The van der Waals surface area contributed by atoms with Crippen LogP contribution in [0.2, 0.25) is 0 Å². The number of nitrogens with zero attached hydrogens (tertiary/aromatic N) is 1. The highest BCUT2D eigenvalue weighted by molar-refractivity contribution is 7.89. The molecule has 0 saturated heterocycles. The van der Waals surface area contributed by atoms with Crippen LogP contribution in [-0.2, 0) is 10.0 Å². The predicted molar refractivity (Wildman–Crippen MR) is 95.5 cm³/mol. The number of hydrogen-bond acceptors (Lipinski definition) is 7. The predicted octanol–water partition coefficient (Wildman–Crippen LogP) is 2.69. The fourth-order valence-electron chi connectivity index (χ4n) is 3.58. The van der Waals surface area contributed by atoms with E-state index in [0.29, 0.717) is 30.0 Å². The van der Waals surface area contributed by atoms with E-state index in [1.165, 1.54) is 0 Å². The van der Waals surface area contributed by atoms with Crippen molar-refractivity contribution in [2.45, 2.75) is 56.6 Å². The van der Waals surface area contributed by atoms with Crippen molar-refractivity contribution < 1.29 is 27.2 Å². The molecule has 1 fully saturated rings. The first-order valence-electron chi connectivity index (χ1n) is 8.94. The van der Waals surface area contributed by atoms with Gasteiger partial charge in [0.2, 0.25) is 16.8 Å². The summed E-state index contributed by atoms with van der Waals surface area (Å²) in [4.78, 5) is 0.140. The second-order valence-electron chi connectivity index (χ2n) is 6.88. The van der Waals surface area contributed by atoms with Crippen molar-refractivity contribution in [3.05, 3.63) is 29.7 Å². The topological polar surface area (TPSA) is 99.9 Å².